The van der Waals surface area contributed by atoms with Crippen LogP contribution in [0.3, 0.4) is 0 Å². The first-order chi connectivity index (χ1) is 16.0. The zero-order chi connectivity index (χ0) is 23.2. The molecular weight excluding hydrogens is 424 g/mol. The highest BCUT2D eigenvalue weighted by atomic mass is 16.5. The van der Waals surface area contributed by atoms with Crippen LogP contribution in [-0.2, 0) is 4.74 Å². The molecule has 4 rings (SSSR count). The van der Waals surface area contributed by atoms with Crippen LogP contribution in [0.5, 0.6) is 11.5 Å². The van der Waals surface area contributed by atoms with Gasteiger partial charge in [-0.05, 0) is 54.6 Å². The van der Waals surface area contributed by atoms with E-state index in [0.29, 0.717) is 39.5 Å². The fourth-order valence-electron chi connectivity index (χ4n) is 2.96. The van der Waals surface area contributed by atoms with Gasteiger partial charge in [0.05, 0.1) is 29.8 Å². The van der Waals surface area contributed by atoms with Crippen LogP contribution in [0.1, 0.15) is 5.56 Å². The third-order valence-electron chi connectivity index (χ3n) is 4.46. The van der Waals surface area contributed by atoms with Crippen molar-refractivity contribution in [3.05, 3.63) is 72.3 Å². The molecule has 0 atom stereocenters. The minimum absolute atomic E-state index is 0.266. The number of hydrogen-bond donors (Lipinski definition) is 4. The van der Waals surface area contributed by atoms with Gasteiger partial charge in [-0.2, -0.15) is 5.26 Å². The summed E-state index contributed by atoms with van der Waals surface area (Å²) in [5.74, 6) is 1.39. The number of benzene rings is 3. The van der Waals surface area contributed by atoms with Crippen LogP contribution in [0.15, 0.2) is 66.7 Å². The Kier molecular flexibility index (Phi) is 6.04. The van der Waals surface area contributed by atoms with Crippen LogP contribution < -0.4 is 20.7 Å². The second kappa shape index (κ2) is 9.40. The molecule has 1 aromatic heterocycles. The summed E-state index contributed by atoms with van der Waals surface area (Å²) in [7, 11) is 1.27. The van der Waals surface area contributed by atoms with Crippen LogP contribution in [0.2, 0.25) is 0 Å². The molecule has 0 aliphatic carbocycles. The largest absolute Gasteiger partial charge is 0.457 e. The van der Waals surface area contributed by atoms with Crippen LogP contribution in [0.25, 0.3) is 11.0 Å². The number of imidazole rings is 1. The second-order valence-corrected chi connectivity index (χ2v) is 6.78. The van der Waals surface area contributed by atoms with Crippen molar-refractivity contribution in [2.45, 2.75) is 0 Å². The Bertz CT molecular complexity index is 1360. The number of carbonyl (C=O) groups is 2. The first-order valence-electron chi connectivity index (χ1n) is 9.73. The molecule has 4 aromatic rings. The van der Waals surface area contributed by atoms with E-state index in [9.17, 15) is 9.59 Å². The fourth-order valence-corrected chi connectivity index (χ4v) is 2.96. The zero-order valence-electron chi connectivity index (χ0n) is 17.4. The lowest BCUT2D eigenvalue weighted by atomic mass is 10.2. The SMILES string of the molecule is COC(=O)Nc1nc2ccc(Oc3ccc(NC(=O)Nc4cccc(C#N)c4)cc3)cc2[nH]1. The predicted molar refractivity (Wildman–Crippen MR) is 122 cm³/mol. The number of aromatic nitrogens is 2. The number of methoxy groups -OCH3 is 1. The first-order valence-corrected chi connectivity index (χ1v) is 9.73. The molecule has 164 valence electrons. The molecule has 0 fully saturated rings. The topological polar surface area (TPSA) is 141 Å². The van der Waals surface area contributed by atoms with Crippen LogP contribution in [-0.4, -0.2) is 29.2 Å². The summed E-state index contributed by atoms with van der Waals surface area (Å²) < 4.78 is 10.4. The van der Waals surface area contributed by atoms with E-state index < -0.39 is 12.1 Å². The van der Waals surface area contributed by atoms with E-state index in [1.165, 1.54) is 7.11 Å². The predicted octanol–water partition coefficient (Wildman–Crippen LogP) is 5.05. The molecule has 0 unspecified atom stereocenters. The van der Waals surface area contributed by atoms with E-state index in [2.05, 4.69) is 30.7 Å². The summed E-state index contributed by atoms with van der Waals surface area (Å²) in [5, 5.41) is 16.8. The third kappa shape index (κ3) is 5.36. The van der Waals surface area contributed by atoms with Gasteiger partial charge in [0.15, 0.2) is 0 Å². The Labute approximate surface area is 188 Å². The van der Waals surface area contributed by atoms with Gasteiger partial charge >= 0.3 is 12.1 Å². The summed E-state index contributed by atoms with van der Waals surface area (Å²) in [6, 6.07) is 20.3. The van der Waals surface area contributed by atoms with Crippen LogP contribution in [0, 0.1) is 11.3 Å². The minimum atomic E-state index is -0.622. The number of H-pyrrole nitrogens is 1. The van der Waals surface area contributed by atoms with E-state index in [1.54, 1.807) is 66.7 Å². The molecule has 3 aromatic carbocycles. The quantitative estimate of drug-likeness (QED) is 0.341. The molecule has 3 amide bonds. The molecule has 0 saturated heterocycles. The van der Waals surface area contributed by atoms with E-state index in [1.807, 2.05) is 6.07 Å². The van der Waals surface area contributed by atoms with Crippen molar-refractivity contribution in [2.24, 2.45) is 0 Å². The highest BCUT2D eigenvalue weighted by Crippen LogP contribution is 2.26. The standard InChI is InChI=1S/C23H18N6O4/c1-32-23(31)29-21-27-19-10-9-18(12-20(19)28-21)33-17-7-5-15(6-8-17)25-22(30)26-16-4-2-3-14(11-16)13-24/h2-12H,1H3,(H2,25,26,30)(H2,27,28,29,31). The van der Waals surface area contributed by atoms with Gasteiger partial charge in [-0.25, -0.2) is 14.6 Å². The van der Waals surface area contributed by atoms with Crippen molar-refractivity contribution in [3.63, 3.8) is 0 Å². The highest BCUT2D eigenvalue weighted by Gasteiger charge is 2.09. The van der Waals surface area contributed by atoms with E-state index in [0.717, 1.165) is 0 Å². The number of nitrogens with one attached hydrogen (secondary N) is 4. The number of aromatic amines is 1. The van der Waals surface area contributed by atoms with Gasteiger partial charge in [-0.15, -0.1) is 0 Å². The van der Waals surface area contributed by atoms with E-state index in [4.69, 9.17) is 10.00 Å². The highest BCUT2D eigenvalue weighted by molar-refractivity contribution is 5.99. The first kappa shape index (κ1) is 21.2. The lowest BCUT2D eigenvalue weighted by Crippen LogP contribution is -2.19. The smallest absolute Gasteiger partial charge is 0.413 e. The molecule has 10 nitrogen and oxygen atoms in total. The summed E-state index contributed by atoms with van der Waals surface area (Å²) in [5.41, 5.74) is 2.87. The summed E-state index contributed by atoms with van der Waals surface area (Å²) in [6.07, 6.45) is -0.622. The number of hydrogen-bond acceptors (Lipinski definition) is 6. The molecule has 33 heavy (non-hydrogen) atoms. The number of nitriles is 1. The molecule has 0 saturated carbocycles. The number of urea groups is 1. The summed E-state index contributed by atoms with van der Waals surface area (Å²) >= 11 is 0. The Hall–Kier alpha value is -5.04. The number of fused-ring (bicyclic) bond motifs is 1. The minimum Gasteiger partial charge on any atom is -0.457 e. The molecule has 0 spiro atoms. The average Bonchev–Trinajstić information content (AvgIpc) is 3.21. The van der Waals surface area contributed by atoms with Crippen molar-refractivity contribution in [2.75, 3.05) is 23.1 Å². The third-order valence-corrected chi connectivity index (χ3v) is 4.46. The molecule has 0 aliphatic heterocycles. The number of carbonyl (C=O) groups excluding carboxylic acids is 2. The Balaban J connectivity index is 1.37. The number of ether oxygens (including phenoxy) is 2. The second-order valence-electron chi connectivity index (χ2n) is 6.78. The fraction of sp³-hybridized carbons (Fsp3) is 0.0435. The number of rotatable bonds is 5. The molecular formula is C23H18N6O4. The van der Waals surface area contributed by atoms with Gasteiger partial charge in [0.1, 0.15) is 11.5 Å². The lowest BCUT2D eigenvalue weighted by molar-refractivity contribution is 0.186. The monoisotopic (exact) mass is 442 g/mol. The van der Waals surface area contributed by atoms with E-state index in [-0.39, 0.29) is 5.95 Å². The Morgan fingerprint density at radius 1 is 0.939 bits per heavy atom. The Morgan fingerprint density at radius 3 is 2.45 bits per heavy atom. The average molecular weight is 442 g/mol. The zero-order valence-corrected chi connectivity index (χ0v) is 17.4. The molecule has 0 radical (unpaired) electrons. The van der Waals surface area contributed by atoms with Gasteiger partial charge in [0, 0.05) is 17.4 Å². The molecule has 0 aliphatic rings. The van der Waals surface area contributed by atoms with Crippen molar-refractivity contribution in [1.29, 1.82) is 5.26 Å². The summed E-state index contributed by atoms with van der Waals surface area (Å²) in [6.45, 7) is 0. The molecule has 10 heteroatoms. The van der Waals surface area contributed by atoms with Crippen LogP contribution in [0.4, 0.5) is 26.9 Å². The van der Waals surface area contributed by atoms with Crippen LogP contribution >= 0.6 is 0 Å². The van der Waals surface area contributed by atoms with Crippen molar-refractivity contribution < 1.29 is 19.1 Å². The van der Waals surface area contributed by atoms with Crippen molar-refractivity contribution >= 4 is 40.5 Å². The number of anilines is 3. The number of amides is 3. The van der Waals surface area contributed by atoms with Crippen molar-refractivity contribution in [1.82, 2.24) is 9.97 Å². The van der Waals surface area contributed by atoms with Gasteiger partial charge < -0.3 is 25.1 Å². The van der Waals surface area contributed by atoms with Gasteiger partial charge in [-0.1, -0.05) is 6.07 Å². The van der Waals surface area contributed by atoms with E-state index >= 15 is 0 Å². The number of nitrogens with zero attached hydrogens (tertiary/aromatic N) is 2. The molecule has 4 N–H and O–H groups in total. The summed E-state index contributed by atoms with van der Waals surface area (Å²) in [4.78, 5) is 30.7. The van der Waals surface area contributed by atoms with Gasteiger partial charge in [0.25, 0.3) is 0 Å². The van der Waals surface area contributed by atoms with Gasteiger partial charge in [-0.3, -0.25) is 5.32 Å². The van der Waals surface area contributed by atoms with Crippen molar-refractivity contribution in [3.8, 4) is 17.6 Å². The van der Waals surface area contributed by atoms with Gasteiger partial charge in [0.2, 0.25) is 5.95 Å². The lowest BCUT2D eigenvalue weighted by Gasteiger charge is -2.09. The maximum atomic E-state index is 12.2. The molecule has 0 bridgehead atoms. The Morgan fingerprint density at radius 2 is 1.70 bits per heavy atom. The molecule has 1 heterocycles. The normalized spacial score (nSPS) is 10.2. The maximum Gasteiger partial charge on any atom is 0.413 e. The maximum absolute atomic E-state index is 12.2.